The van der Waals surface area contributed by atoms with Crippen molar-refractivity contribution in [3.8, 4) is 0 Å². The van der Waals surface area contributed by atoms with Crippen LogP contribution in [0.25, 0.3) is 10.9 Å². The minimum atomic E-state index is 0.145. The number of rotatable bonds is 5. The van der Waals surface area contributed by atoms with Gasteiger partial charge >= 0.3 is 0 Å². The summed E-state index contributed by atoms with van der Waals surface area (Å²) in [4.78, 5) is 2.41. The first-order chi connectivity index (χ1) is 8.95. The van der Waals surface area contributed by atoms with Crippen molar-refractivity contribution in [3.63, 3.8) is 0 Å². The van der Waals surface area contributed by atoms with Crippen LogP contribution in [0.15, 0.2) is 30.5 Å². The summed E-state index contributed by atoms with van der Waals surface area (Å²) in [5.74, 6) is 0. The van der Waals surface area contributed by atoms with Crippen molar-refractivity contribution >= 4 is 10.9 Å². The van der Waals surface area contributed by atoms with Crippen LogP contribution in [0.2, 0.25) is 0 Å². The first-order valence-corrected chi connectivity index (χ1v) is 6.84. The molecular weight excluding hydrogens is 234 g/mol. The van der Waals surface area contributed by atoms with E-state index in [1.54, 1.807) is 0 Å². The van der Waals surface area contributed by atoms with E-state index in [-0.39, 0.29) is 5.54 Å². The van der Waals surface area contributed by atoms with E-state index in [0.717, 1.165) is 13.1 Å². The Labute approximate surface area is 116 Å². The lowest BCUT2D eigenvalue weighted by molar-refractivity contribution is 0.148. The molecule has 0 bridgehead atoms. The van der Waals surface area contributed by atoms with E-state index < -0.39 is 0 Å². The molecule has 0 saturated carbocycles. The molecule has 104 valence electrons. The Morgan fingerprint density at radius 3 is 2.63 bits per heavy atom. The number of likely N-dealkylation sites (N-methyl/N-ethyl adjacent to an activating group) is 2. The molecule has 0 aliphatic rings. The summed E-state index contributed by atoms with van der Waals surface area (Å²) in [5.41, 5.74) is 2.84. The SMILES string of the molecule is CNCC(C)(C)N(C)Cc1cn(C)c2ccccc12. The molecule has 0 atom stereocenters. The molecule has 0 saturated heterocycles. The van der Waals surface area contributed by atoms with Gasteiger partial charge in [0.25, 0.3) is 0 Å². The molecule has 1 aromatic heterocycles. The number of aryl methyl sites for hydroxylation is 1. The van der Waals surface area contributed by atoms with Gasteiger partial charge in [0, 0.05) is 42.8 Å². The van der Waals surface area contributed by atoms with Gasteiger partial charge in [-0.2, -0.15) is 0 Å². The molecule has 1 N–H and O–H groups in total. The van der Waals surface area contributed by atoms with E-state index in [9.17, 15) is 0 Å². The Bertz CT molecular complexity index is 554. The van der Waals surface area contributed by atoms with Crippen LogP contribution in [-0.4, -0.2) is 35.6 Å². The zero-order valence-corrected chi connectivity index (χ0v) is 12.7. The Hall–Kier alpha value is -1.32. The summed E-state index contributed by atoms with van der Waals surface area (Å²) >= 11 is 0. The smallest absolute Gasteiger partial charge is 0.0481 e. The summed E-state index contributed by atoms with van der Waals surface area (Å²) in [6.07, 6.45) is 2.25. The second-order valence-corrected chi connectivity index (χ2v) is 5.98. The molecule has 1 heterocycles. The van der Waals surface area contributed by atoms with Crippen molar-refractivity contribution < 1.29 is 0 Å². The van der Waals surface area contributed by atoms with E-state index in [2.05, 4.69) is 73.2 Å². The fourth-order valence-corrected chi connectivity index (χ4v) is 2.59. The molecule has 2 rings (SSSR count). The Morgan fingerprint density at radius 1 is 1.26 bits per heavy atom. The molecular formula is C16H25N3. The Kier molecular flexibility index (Phi) is 3.97. The predicted molar refractivity (Wildman–Crippen MR) is 82.4 cm³/mol. The molecule has 0 spiro atoms. The normalized spacial score (nSPS) is 12.5. The van der Waals surface area contributed by atoms with Crippen LogP contribution in [0.3, 0.4) is 0 Å². The average Bonchev–Trinajstić information content (AvgIpc) is 2.67. The van der Waals surface area contributed by atoms with Gasteiger partial charge in [-0.25, -0.2) is 0 Å². The van der Waals surface area contributed by atoms with Crippen molar-refractivity contribution in [1.29, 1.82) is 0 Å². The van der Waals surface area contributed by atoms with Gasteiger partial charge in [0.2, 0.25) is 0 Å². The van der Waals surface area contributed by atoms with Gasteiger partial charge in [0.05, 0.1) is 0 Å². The summed E-state index contributed by atoms with van der Waals surface area (Å²) in [5, 5.41) is 4.63. The lowest BCUT2D eigenvalue weighted by atomic mass is 10.0. The summed E-state index contributed by atoms with van der Waals surface area (Å²) in [6.45, 7) is 6.49. The van der Waals surface area contributed by atoms with Gasteiger partial charge in [-0.1, -0.05) is 18.2 Å². The zero-order valence-electron chi connectivity index (χ0n) is 12.7. The van der Waals surface area contributed by atoms with Gasteiger partial charge in [0.1, 0.15) is 0 Å². The molecule has 0 fully saturated rings. The third kappa shape index (κ3) is 2.82. The molecule has 19 heavy (non-hydrogen) atoms. The number of para-hydroxylation sites is 1. The third-order valence-electron chi connectivity index (χ3n) is 4.03. The van der Waals surface area contributed by atoms with Crippen molar-refractivity contribution in [3.05, 3.63) is 36.0 Å². The molecule has 1 aromatic carbocycles. The summed E-state index contributed by atoms with van der Waals surface area (Å²) in [7, 11) is 6.32. The molecule has 0 amide bonds. The van der Waals surface area contributed by atoms with Crippen molar-refractivity contribution in [2.45, 2.75) is 25.9 Å². The Balaban J connectivity index is 2.27. The molecule has 2 aromatic rings. The van der Waals surface area contributed by atoms with Crippen molar-refractivity contribution in [1.82, 2.24) is 14.8 Å². The second-order valence-electron chi connectivity index (χ2n) is 5.98. The minimum Gasteiger partial charge on any atom is -0.350 e. The van der Waals surface area contributed by atoms with Gasteiger partial charge in [0.15, 0.2) is 0 Å². The maximum absolute atomic E-state index is 3.27. The molecule has 0 aliphatic heterocycles. The standard InChI is InChI=1S/C16H25N3/c1-16(2,12-17-3)19(5)11-13-10-18(4)15-9-7-6-8-14(13)15/h6-10,17H,11-12H2,1-5H3. The number of benzene rings is 1. The second kappa shape index (κ2) is 5.35. The van der Waals surface area contributed by atoms with Crippen LogP contribution in [-0.2, 0) is 13.6 Å². The highest BCUT2D eigenvalue weighted by Crippen LogP contribution is 2.23. The monoisotopic (exact) mass is 259 g/mol. The third-order valence-corrected chi connectivity index (χ3v) is 4.03. The van der Waals surface area contributed by atoms with Crippen molar-refractivity contribution in [2.75, 3.05) is 20.6 Å². The lowest BCUT2D eigenvalue weighted by Crippen LogP contribution is -2.47. The number of hydrogen-bond donors (Lipinski definition) is 1. The summed E-state index contributed by atoms with van der Waals surface area (Å²) < 4.78 is 2.21. The van der Waals surface area contributed by atoms with Crippen LogP contribution in [0, 0.1) is 0 Å². The number of aromatic nitrogens is 1. The molecule has 0 radical (unpaired) electrons. The van der Waals surface area contributed by atoms with E-state index in [4.69, 9.17) is 0 Å². The largest absolute Gasteiger partial charge is 0.350 e. The van der Waals surface area contributed by atoms with Crippen LogP contribution < -0.4 is 5.32 Å². The highest BCUT2D eigenvalue weighted by molar-refractivity contribution is 5.83. The quantitative estimate of drug-likeness (QED) is 0.890. The van der Waals surface area contributed by atoms with Gasteiger partial charge in [-0.3, -0.25) is 4.90 Å². The van der Waals surface area contributed by atoms with Crippen LogP contribution in [0.5, 0.6) is 0 Å². The van der Waals surface area contributed by atoms with Gasteiger partial charge in [-0.15, -0.1) is 0 Å². The lowest BCUT2D eigenvalue weighted by Gasteiger charge is -2.35. The highest BCUT2D eigenvalue weighted by Gasteiger charge is 2.23. The van der Waals surface area contributed by atoms with Crippen LogP contribution >= 0.6 is 0 Å². The number of nitrogens with zero attached hydrogens (tertiary/aromatic N) is 2. The van der Waals surface area contributed by atoms with Crippen molar-refractivity contribution in [2.24, 2.45) is 7.05 Å². The van der Waals surface area contributed by atoms with E-state index >= 15 is 0 Å². The van der Waals surface area contributed by atoms with Gasteiger partial charge in [-0.05, 0) is 39.6 Å². The predicted octanol–water partition coefficient (Wildman–Crippen LogP) is 2.61. The Morgan fingerprint density at radius 2 is 1.95 bits per heavy atom. The molecule has 0 unspecified atom stereocenters. The fraction of sp³-hybridized carbons (Fsp3) is 0.500. The van der Waals surface area contributed by atoms with E-state index in [0.29, 0.717) is 0 Å². The van der Waals surface area contributed by atoms with E-state index in [1.165, 1.54) is 16.5 Å². The summed E-state index contributed by atoms with van der Waals surface area (Å²) in [6, 6.07) is 8.60. The highest BCUT2D eigenvalue weighted by atomic mass is 15.2. The van der Waals surface area contributed by atoms with Crippen LogP contribution in [0.1, 0.15) is 19.4 Å². The first kappa shape index (κ1) is 14.1. The number of hydrogen-bond acceptors (Lipinski definition) is 2. The van der Waals surface area contributed by atoms with E-state index in [1.807, 2.05) is 7.05 Å². The first-order valence-electron chi connectivity index (χ1n) is 6.84. The molecule has 3 heteroatoms. The number of nitrogens with one attached hydrogen (secondary N) is 1. The molecule has 0 aliphatic carbocycles. The fourth-order valence-electron chi connectivity index (χ4n) is 2.59. The zero-order chi connectivity index (χ0) is 14.0. The van der Waals surface area contributed by atoms with Gasteiger partial charge < -0.3 is 9.88 Å². The maximum atomic E-state index is 3.27. The minimum absolute atomic E-state index is 0.145. The van der Waals surface area contributed by atoms with Crippen LogP contribution in [0.4, 0.5) is 0 Å². The molecule has 3 nitrogen and oxygen atoms in total. The maximum Gasteiger partial charge on any atom is 0.0481 e. The average molecular weight is 259 g/mol. The topological polar surface area (TPSA) is 20.2 Å². The number of fused-ring (bicyclic) bond motifs is 1.